The molecule has 0 aliphatic heterocycles. The molecule has 7 heteroatoms. The standard InChI is InChI=1S/C17H21N3O3S/c1-12(2)24(22,23)16-10-5-4-9-15(16)20-17(21)19-13(3)14-8-6-7-11-18-14/h4-13H,1-3H3,(H2,19,20,21)/t13-/m0/s1. The van der Waals surface area contributed by atoms with Crippen LogP contribution in [0.2, 0.25) is 0 Å². The summed E-state index contributed by atoms with van der Waals surface area (Å²) in [5, 5.41) is 4.79. The number of sulfone groups is 1. The van der Waals surface area contributed by atoms with E-state index in [2.05, 4.69) is 15.6 Å². The fraction of sp³-hybridized carbons (Fsp3) is 0.294. The highest BCUT2D eigenvalue weighted by Crippen LogP contribution is 2.24. The van der Waals surface area contributed by atoms with Crippen molar-refractivity contribution in [1.82, 2.24) is 10.3 Å². The maximum Gasteiger partial charge on any atom is 0.319 e. The number of aromatic nitrogens is 1. The molecule has 0 unspecified atom stereocenters. The fourth-order valence-electron chi connectivity index (χ4n) is 2.13. The van der Waals surface area contributed by atoms with Crippen molar-refractivity contribution in [3.63, 3.8) is 0 Å². The summed E-state index contributed by atoms with van der Waals surface area (Å²) in [6.45, 7) is 5.02. The van der Waals surface area contributed by atoms with Gasteiger partial charge in [0.05, 0.1) is 27.6 Å². The number of pyridine rings is 1. The molecule has 0 aliphatic rings. The van der Waals surface area contributed by atoms with Crippen molar-refractivity contribution < 1.29 is 13.2 Å². The molecule has 0 saturated carbocycles. The minimum absolute atomic E-state index is 0.112. The van der Waals surface area contributed by atoms with Gasteiger partial charge in [0.25, 0.3) is 0 Å². The summed E-state index contributed by atoms with van der Waals surface area (Å²) >= 11 is 0. The molecule has 0 spiro atoms. The number of hydrogen-bond acceptors (Lipinski definition) is 4. The first-order valence-corrected chi connectivity index (χ1v) is 9.18. The lowest BCUT2D eigenvalue weighted by molar-refractivity contribution is 0.249. The lowest BCUT2D eigenvalue weighted by Crippen LogP contribution is -2.32. The molecule has 2 N–H and O–H groups in total. The van der Waals surface area contributed by atoms with Gasteiger partial charge in [0.15, 0.2) is 9.84 Å². The van der Waals surface area contributed by atoms with Crippen LogP contribution in [0, 0.1) is 0 Å². The lowest BCUT2D eigenvalue weighted by Gasteiger charge is -2.16. The fourth-order valence-corrected chi connectivity index (χ4v) is 3.33. The number of carbonyl (C=O) groups excluding carboxylic acids is 1. The molecule has 2 aromatic rings. The maximum atomic E-state index is 12.4. The summed E-state index contributed by atoms with van der Waals surface area (Å²) in [6.07, 6.45) is 1.65. The van der Waals surface area contributed by atoms with Crippen molar-refractivity contribution in [2.24, 2.45) is 0 Å². The minimum Gasteiger partial charge on any atom is -0.330 e. The molecule has 2 rings (SSSR count). The van der Waals surface area contributed by atoms with Gasteiger partial charge in [-0.3, -0.25) is 4.98 Å². The third kappa shape index (κ3) is 4.11. The second-order valence-electron chi connectivity index (χ2n) is 5.66. The summed E-state index contributed by atoms with van der Waals surface area (Å²) in [6, 6.07) is 11.0. The number of nitrogens with one attached hydrogen (secondary N) is 2. The number of hydrogen-bond donors (Lipinski definition) is 2. The van der Waals surface area contributed by atoms with Crippen LogP contribution in [0.5, 0.6) is 0 Å². The molecule has 0 saturated heterocycles. The Morgan fingerprint density at radius 1 is 1.04 bits per heavy atom. The smallest absolute Gasteiger partial charge is 0.319 e. The van der Waals surface area contributed by atoms with Gasteiger partial charge < -0.3 is 10.6 Å². The highest BCUT2D eigenvalue weighted by Gasteiger charge is 2.23. The predicted octanol–water partition coefficient (Wildman–Crippen LogP) is 3.15. The molecule has 1 heterocycles. The zero-order valence-corrected chi connectivity index (χ0v) is 14.7. The van der Waals surface area contributed by atoms with Crippen LogP contribution >= 0.6 is 0 Å². The summed E-state index contributed by atoms with van der Waals surface area (Å²) in [5.74, 6) is 0. The molecular formula is C17H21N3O3S. The molecule has 0 bridgehead atoms. The van der Waals surface area contributed by atoms with Crippen molar-refractivity contribution in [1.29, 1.82) is 0 Å². The van der Waals surface area contributed by atoms with Crippen LogP contribution in [0.3, 0.4) is 0 Å². The van der Waals surface area contributed by atoms with Crippen molar-refractivity contribution in [3.8, 4) is 0 Å². The number of carbonyl (C=O) groups is 1. The monoisotopic (exact) mass is 347 g/mol. The number of urea groups is 1. The van der Waals surface area contributed by atoms with E-state index < -0.39 is 21.1 Å². The average Bonchev–Trinajstić information content (AvgIpc) is 2.55. The SMILES string of the molecule is CC(C)S(=O)(=O)c1ccccc1NC(=O)N[C@@H](C)c1ccccn1. The Hall–Kier alpha value is -2.41. The van der Waals surface area contributed by atoms with E-state index in [4.69, 9.17) is 0 Å². The van der Waals surface area contributed by atoms with Gasteiger partial charge in [-0.2, -0.15) is 0 Å². The van der Waals surface area contributed by atoms with E-state index in [1.807, 2.05) is 12.1 Å². The molecule has 1 atom stereocenters. The molecule has 1 aromatic carbocycles. The zero-order chi connectivity index (χ0) is 17.7. The first kappa shape index (κ1) is 17.9. The number of rotatable bonds is 5. The molecule has 6 nitrogen and oxygen atoms in total. The predicted molar refractivity (Wildman–Crippen MR) is 93.6 cm³/mol. The Bertz CT molecular complexity index is 805. The molecule has 0 radical (unpaired) electrons. The van der Waals surface area contributed by atoms with Gasteiger partial charge in [-0.25, -0.2) is 13.2 Å². The Morgan fingerprint density at radius 3 is 2.33 bits per heavy atom. The third-order valence-electron chi connectivity index (χ3n) is 3.54. The van der Waals surface area contributed by atoms with E-state index in [-0.39, 0.29) is 16.6 Å². The van der Waals surface area contributed by atoms with Gasteiger partial charge >= 0.3 is 6.03 Å². The van der Waals surface area contributed by atoms with Gasteiger partial charge in [-0.15, -0.1) is 0 Å². The van der Waals surface area contributed by atoms with Crippen LogP contribution in [0.4, 0.5) is 10.5 Å². The largest absolute Gasteiger partial charge is 0.330 e. The van der Waals surface area contributed by atoms with Crippen LogP contribution < -0.4 is 10.6 Å². The van der Waals surface area contributed by atoms with Crippen LogP contribution in [-0.2, 0) is 9.84 Å². The van der Waals surface area contributed by atoms with E-state index in [1.54, 1.807) is 51.2 Å². The molecule has 0 fully saturated rings. The van der Waals surface area contributed by atoms with E-state index in [0.717, 1.165) is 5.69 Å². The summed E-state index contributed by atoms with van der Waals surface area (Å²) in [5.41, 5.74) is 0.979. The number of amides is 2. The Morgan fingerprint density at radius 2 is 1.71 bits per heavy atom. The molecular weight excluding hydrogens is 326 g/mol. The van der Waals surface area contributed by atoms with E-state index >= 15 is 0 Å². The van der Waals surface area contributed by atoms with Crippen LogP contribution in [0.1, 0.15) is 32.5 Å². The van der Waals surface area contributed by atoms with Crippen molar-refractivity contribution in [2.75, 3.05) is 5.32 Å². The van der Waals surface area contributed by atoms with Crippen molar-refractivity contribution in [2.45, 2.75) is 37.0 Å². The Kier molecular flexibility index (Phi) is 5.56. The lowest BCUT2D eigenvalue weighted by atomic mass is 10.2. The summed E-state index contributed by atoms with van der Waals surface area (Å²) in [4.78, 5) is 16.5. The van der Waals surface area contributed by atoms with Crippen molar-refractivity contribution in [3.05, 3.63) is 54.4 Å². The molecule has 128 valence electrons. The Balaban J connectivity index is 2.16. The number of anilines is 1. The average molecular weight is 347 g/mol. The molecule has 1 aromatic heterocycles. The minimum atomic E-state index is -3.49. The van der Waals surface area contributed by atoms with Crippen LogP contribution in [-0.4, -0.2) is 24.7 Å². The van der Waals surface area contributed by atoms with Gasteiger partial charge in [-0.05, 0) is 45.0 Å². The topological polar surface area (TPSA) is 88.2 Å². The number of benzene rings is 1. The number of nitrogens with zero attached hydrogens (tertiary/aromatic N) is 1. The highest BCUT2D eigenvalue weighted by molar-refractivity contribution is 7.92. The van der Waals surface area contributed by atoms with Crippen LogP contribution in [0.25, 0.3) is 0 Å². The molecule has 24 heavy (non-hydrogen) atoms. The highest BCUT2D eigenvalue weighted by atomic mass is 32.2. The number of para-hydroxylation sites is 1. The first-order valence-electron chi connectivity index (χ1n) is 7.63. The maximum absolute atomic E-state index is 12.4. The quantitative estimate of drug-likeness (QED) is 0.869. The van der Waals surface area contributed by atoms with Crippen LogP contribution in [0.15, 0.2) is 53.6 Å². The zero-order valence-electron chi connectivity index (χ0n) is 13.9. The summed E-state index contributed by atoms with van der Waals surface area (Å²) in [7, 11) is -3.49. The van der Waals surface area contributed by atoms with Gasteiger partial charge in [0, 0.05) is 6.20 Å². The normalized spacial score (nSPS) is 12.7. The second-order valence-corrected chi connectivity index (χ2v) is 8.14. The molecule has 2 amide bonds. The Labute approximate surface area is 142 Å². The van der Waals surface area contributed by atoms with Gasteiger partial charge in [0.1, 0.15) is 0 Å². The first-order chi connectivity index (χ1) is 11.3. The van der Waals surface area contributed by atoms with Gasteiger partial charge in [-0.1, -0.05) is 18.2 Å². The van der Waals surface area contributed by atoms with E-state index in [9.17, 15) is 13.2 Å². The van der Waals surface area contributed by atoms with Crippen molar-refractivity contribution >= 4 is 21.6 Å². The summed E-state index contributed by atoms with van der Waals surface area (Å²) < 4.78 is 24.8. The van der Waals surface area contributed by atoms with Gasteiger partial charge in [0.2, 0.25) is 0 Å². The molecule has 0 aliphatic carbocycles. The third-order valence-corrected chi connectivity index (χ3v) is 5.75. The van der Waals surface area contributed by atoms with E-state index in [0.29, 0.717) is 0 Å². The second kappa shape index (κ2) is 7.44. The van der Waals surface area contributed by atoms with E-state index in [1.165, 1.54) is 6.07 Å².